The lowest BCUT2D eigenvalue weighted by atomic mass is 9.91. The number of carbonyl (C=O) groups is 1. The van der Waals surface area contributed by atoms with Gasteiger partial charge in [-0.1, -0.05) is 48.0 Å². The van der Waals surface area contributed by atoms with E-state index in [0.717, 1.165) is 12.0 Å². The van der Waals surface area contributed by atoms with E-state index in [1.165, 1.54) is 4.31 Å². The second-order valence-electron chi connectivity index (χ2n) is 6.25. The SMILES string of the molecule is Cc1ccc(C(=O)C2CCCN(S(=O)(=O)c3ccccc3)C2)cc1. The van der Waals surface area contributed by atoms with E-state index in [0.29, 0.717) is 18.5 Å². The molecule has 1 atom stereocenters. The molecule has 126 valence electrons. The lowest BCUT2D eigenvalue weighted by molar-refractivity contribution is 0.0872. The van der Waals surface area contributed by atoms with Crippen LogP contribution in [-0.4, -0.2) is 31.6 Å². The zero-order valence-electron chi connectivity index (χ0n) is 13.7. The number of piperidine rings is 1. The largest absolute Gasteiger partial charge is 0.294 e. The van der Waals surface area contributed by atoms with Gasteiger partial charge in [0.05, 0.1) is 4.90 Å². The van der Waals surface area contributed by atoms with E-state index in [1.54, 1.807) is 30.3 Å². The minimum absolute atomic E-state index is 0.0305. The molecule has 0 bridgehead atoms. The summed E-state index contributed by atoms with van der Waals surface area (Å²) in [5, 5.41) is 0. The first-order valence-electron chi connectivity index (χ1n) is 8.14. The number of hydrogen-bond donors (Lipinski definition) is 0. The number of Topliss-reactive ketones (excluding diaryl/α,β-unsaturated/α-hetero) is 1. The normalized spacial score (nSPS) is 19.1. The van der Waals surface area contributed by atoms with Crippen LogP contribution in [0.15, 0.2) is 59.5 Å². The predicted octanol–water partition coefficient (Wildman–Crippen LogP) is 3.28. The molecule has 1 aliphatic rings. The summed E-state index contributed by atoms with van der Waals surface area (Å²) < 4.78 is 26.9. The summed E-state index contributed by atoms with van der Waals surface area (Å²) in [5.74, 6) is -0.247. The smallest absolute Gasteiger partial charge is 0.243 e. The van der Waals surface area contributed by atoms with Gasteiger partial charge >= 0.3 is 0 Å². The summed E-state index contributed by atoms with van der Waals surface area (Å²) >= 11 is 0. The second kappa shape index (κ2) is 6.87. The molecule has 1 unspecified atom stereocenters. The molecule has 1 fully saturated rings. The molecule has 2 aromatic carbocycles. The van der Waals surface area contributed by atoms with E-state index >= 15 is 0 Å². The molecule has 4 nitrogen and oxygen atoms in total. The highest BCUT2D eigenvalue weighted by atomic mass is 32.2. The van der Waals surface area contributed by atoms with E-state index in [9.17, 15) is 13.2 Å². The van der Waals surface area contributed by atoms with Gasteiger partial charge in [-0.2, -0.15) is 4.31 Å². The van der Waals surface area contributed by atoms with Crippen LogP contribution in [0.2, 0.25) is 0 Å². The third kappa shape index (κ3) is 3.42. The first-order chi connectivity index (χ1) is 11.5. The zero-order valence-corrected chi connectivity index (χ0v) is 14.5. The van der Waals surface area contributed by atoms with Crippen molar-refractivity contribution in [2.75, 3.05) is 13.1 Å². The van der Waals surface area contributed by atoms with Crippen LogP contribution < -0.4 is 0 Å². The average Bonchev–Trinajstić information content (AvgIpc) is 2.62. The summed E-state index contributed by atoms with van der Waals surface area (Å²) in [6, 6.07) is 15.9. The number of aryl methyl sites for hydroxylation is 1. The van der Waals surface area contributed by atoms with Crippen molar-refractivity contribution in [3.8, 4) is 0 Å². The highest BCUT2D eigenvalue weighted by Gasteiger charge is 2.33. The van der Waals surface area contributed by atoms with Crippen LogP contribution in [0.5, 0.6) is 0 Å². The van der Waals surface area contributed by atoms with Gasteiger partial charge in [0.15, 0.2) is 5.78 Å². The van der Waals surface area contributed by atoms with E-state index in [-0.39, 0.29) is 23.1 Å². The number of benzene rings is 2. The average molecular weight is 343 g/mol. The molecule has 24 heavy (non-hydrogen) atoms. The van der Waals surface area contributed by atoms with Gasteiger partial charge in [-0.25, -0.2) is 8.42 Å². The van der Waals surface area contributed by atoms with Gasteiger partial charge in [0.1, 0.15) is 0 Å². The fraction of sp³-hybridized carbons (Fsp3) is 0.316. The summed E-state index contributed by atoms with van der Waals surface area (Å²) in [6.45, 7) is 2.70. The molecule has 1 saturated heterocycles. The van der Waals surface area contributed by atoms with Crippen molar-refractivity contribution >= 4 is 15.8 Å². The maximum Gasteiger partial charge on any atom is 0.243 e. The fourth-order valence-electron chi connectivity index (χ4n) is 3.07. The Bertz CT molecular complexity index is 813. The Kier molecular flexibility index (Phi) is 4.83. The van der Waals surface area contributed by atoms with Crippen LogP contribution in [-0.2, 0) is 10.0 Å². The Balaban J connectivity index is 1.79. The molecule has 2 aromatic rings. The standard InChI is InChI=1S/C19H21NO3S/c1-15-9-11-16(12-10-15)19(21)17-6-5-13-20(14-17)24(22,23)18-7-3-2-4-8-18/h2-4,7-12,17H,5-6,13-14H2,1H3. The van der Waals surface area contributed by atoms with Gasteiger partial charge in [0, 0.05) is 24.6 Å². The highest BCUT2D eigenvalue weighted by Crippen LogP contribution is 2.26. The van der Waals surface area contributed by atoms with Crippen LogP contribution in [0.4, 0.5) is 0 Å². The molecule has 3 rings (SSSR count). The zero-order chi connectivity index (χ0) is 17.2. The monoisotopic (exact) mass is 343 g/mol. The van der Waals surface area contributed by atoms with Crippen molar-refractivity contribution in [3.63, 3.8) is 0 Å². The molecular formula is C19H21NO3S. The Morgan fingerprint density at radius 2 is 1.71 bits per heavy atom. The third-order valence-electron chi connectivity index (χ3n) is 4.47. The highest BCUT2D eigenvalue weighted by molar-refractivity contribution is 7.89. The first kappa shape index (κ1) is 16.9. The number of ketones is 1. The van der Waals surface area contributed by atoms with Crippen LogP contribution in [0.3, 0.4) is 0 Å². The Morgan fingerprint density at radius 1 is 1.04 bits per heavy atom. The molecule has 0 saturated carbocycles. The van der Waals surface area contributed by atoms with Gasteiger partial charge in [0.2, 0.25) is 10.0 Å². The van der Waals surface area contributed by atoms with E-state index in [4.69, 9.17) is 0 Å². The molecule has 0 amide bonds. The lowest BCUT2D eigenvalue weighted by Crippen LogP contribution is -2.42. The quantitative estimate of drug-likeness (QED) is 0.801. The third-order valence-corrected chi connectivity index (χ3v) is 6.35. The number of sulfonamides is 1. The minimum Gasteiger partial charge on any atom is -0.294 e. The predicted molar refractivity (Wildman–Crippen MR) is 93.4 cm³/mol. The molecule has 1 heterocycles. The van der Waals surface area contributed by atoms with Crippen molar-refractivity contribution in [2.24, 2.45) is 5.92 Å². The van der Waals surface area contributed by atoms with Gasteiger partial charge in [0.25, 0.3) is 0 Å². The lowest BCUT2D eigenvalue weighted by Gasteiger charge is -2.31. The van der Waals surface area contributed by atoms with Crippen molar-refractivity contribution in [1.82, 2.24) is 4.31 Å². The summed E-state index contributed by atoms with van der Waals surface area (Å²) in [6.07, 6.45) is 1.43. The van der Waals surface area contributed by atoms with E-state index < -0.39 is 10.0 Å². The summed E-state index contributed by atoms with van der Waals surface area (Å²) in [5.41, 5.74) is 1.76. The summed E-state index contributed by atoms with van der Waals surface area (Å²) in [7, 11) is -3.54. The number of rotatable bonds is 4. The van der Waals surface area contributed by atoms with Crippen LogP contribution in [0.1, 0.15) is 28.8 Å². The molecule has 0 radical (unpaired) electrons. The molecule has 0 aliphatic carbocycles. The Morgan fingerprint density at radius 3 is 2.38 bits per heavy atom. The first-order valence-corrected chi connectivity index (χ1v) is 9.58. The van der Waals surface area contributed by atoms with Crippen LogP contribution in [0.25, 0.3) is 0 Å². The Labute approximate surface area is 143 Å². The van der Waals surface area contributed by atoms with Gasteiger partial charge in [-0.3, -0.25) is 4.79 Å². The number of carbonyl (C=O) groups excluding carboxylic acids is 1. The molecular weight excluding hydrogens is 322 g/mol. The molecule has 0 N–H and O–H groups in total. The maximum absolute atomic E-state index is 12.8. The van der Waals surface area contributed by atoms with Crippen molar-refractivity contribution in [1.29, 1.82) is 0 Å². The summed E-state index contributed by atoms with van der Waals surface area (Å²) in [4.78, 5) is 13.0. The topological polar surface area (TPSA) is 54.5 Å². The number of hydrogen-bond acceptors (Lipinski definition) is 3. The van der Waals surface area contributed by atoms with Crippen molar-refractivity contribution in [3.05, 3.63) is 65.7 Å². The van der Waals surface area contributed by atoms with E-state index in [1.807, 2.05) is 31.2 Å². The number of nitrogens with zero attached hydrogens (tertiary/aromatic N) is 1. The molecule has 1 aliphatic heterocycles. The van der Waals surface area contributed by atoms with E-state index in [2.05, 4.69) is 0 Å². The fourth-order valence-corrected chi connectivity index (χ4v) is 4.61. The van der Waals surface area contributed by atoms with Crippen molar-refractivity contribution in [2.45, 2.75) is 24.7 Å². The molecule has 0 spiro atoms. The maximum atomic E-state index is 12.8. The van der Waals surface area contributed by atoms with Crippen molar-refractivity contribution < 1.29 is 13.2 Å². The minimum atomic E-state index is -3.54. The molecule has 5 heteroatoms. The second-order valence-corrected chi connectivity index (χ2v) is 8.18. The molecule has 0 aromatic heterocycles. The van der Waals surface area contributed by atoms with Gasteiger partial charge < -0.3 is 0 Å². The van der Waals surface area contributed by atoms with Gasteiger partial charge in [-0.15, -0.1) is 0 Å². The van der Waals surface area contributed by atoms with Crippen LogP contribution in [0, 0.1) is 12.8 Å². The van der Waals surface area contributed by atoms with Gasteiger partial charge in [-0.05, 0) is 31.9 Å². The Hall–Kier alpha value is -1.98. The van der Waals surface area contributed by atoms with Crippen LogP contribution >= 0.6 is 0 Å².